The molecule has 0 unspecified atom stereocenters. The molecule has 2 aliphatic rings. The van der Waals surface area contributed by atoms with E-state index in [2.05, 4.69) is 20.2 Å². The maximum Gasteiger partial charge on any atom is 0.227 e. The van der Waals surface area contributed by atoms with Crippen molar-refractivity contribution < 1.29 is 5.11 Å². The number of unbranched alkanes of at least 4 members (excludes halogenated alkanes) is 2. The molecule has 176 valence electrons. The Labute approximate surface area is 197 Å². The number of anilines is 2. The topological polar surface area (TPSA) is 114 Å². The summed E-state index contributed by atoms with van der Waals surface area (Å²) in [6.45, 7) is 1.07. The maximum atomic E-state index is 8.97. The largest absolute Gasteiger partial charge is 0.396 e. The van der Waals surface area contributed by atoms with Crippen LogP contribution in [0.4, 0.5) is 11.8 Å². The Balaban J connectivity index is 0.00000171. The standard InChI is InChI=1S/C21H35N7O.2ClH/c22-15-8-10-16(11-9-15)25-21-26-19(23-12-4-1-5-13-29)18-20(27-21)28(14-24-18)17-6-2-3-7-17;;/h14-17,29H,1-13,22H2,(H2,23,25,26,27);2*1H. The van der Waals surface area contributed by atoms with Gasteiger partial charge in [0.15, 0.2) is 17.0 Å². The monoisotopic (exact) mass is 473 g/mol. The highest BCUT2D eigenvalue weighted by Gasteiger charge is 2.23. The van der Waals surface area contributed by atoms with Crippen LogP contribution in [0.25, 0.3) is 11.2 Å². The van der Waals surface area contributed by atoms with E-state index < -0.39 is 0 Å². The van der Waals surface area contributed by atoms with Gasteiger partial charge in [0, 0.05) is 31.3 Å². The molecule has 2 saturated carbocycles. The van der Waals surface area contributed by atoms with Crippen LogP contribution in [0, 0.1) is 0 Å². The molecule has 0 bridgehead atoms. The Hall–Kier alpha value is -1.35. The molecule has 0 radical (unpaired) electrons. The van der Waals surface area contributed by atoms with E-state index in [0.717, 1.165) is 68.5 Å². The van der Waals surface area contributed by atoms with Gasteiger partial charge in [-0.15, -0.1) is 24.8 Å². The summed E-state index contributed by atoms with van der Waals surface area (Å²) in [7, 11) is 0. The SMILES string of the molecule is Cl.Cl.NC1CCC(Nc2nc(NCCCCCO)c3ncn(C4CCCC4)c3n2)CC1. The van der Waals surface area contributed by atoms with Crippen molar-refractivity contribution in [3.63, 3.8) is 0 Å². The van der Waals surface area contributed by atoms with Crippen molar-refractivity contribution in [1.82, 2.24) is 19.5 Å². The van der Waals surface area contributed by atoms with Crippen molar-refractivity contribution in [2.45, 2.75) is 88.8 Å². The van der Waals surface area contributed by atoms with Gasteiger partial charge in [-0.1, -0.05) is 12.8 Å². The van der Waals surface area contributed by atoms with Gasteiger partial charge in [0.05, 0.1) is 6.33 Å². The van der Waals surface area contributed by atoms with E-state index in [1.807, 2.05) is 6.33 Å². The molecule has 0 saturated heterocycles. The van der Waals surface area contributed by atoms with Gasteiger partial charge in [-0.05, 0) is 57.8 Å². The minimum Gasteiger partial charge on any atom is -0.396 e. The zero-order valence-corrected chi connectivity index (χ0v) is 19.8. The number of nitrogens with zero attached hydrogens (tertiary/aromatic N) is 4. The van der Waals surface area contributed by atoms with Crippen molar-refractivity contribution in [1.29, 1.82) is 0 Å². The van der Waals surface area contributed by atoms with Crippen LogP contribution in [0.15, 0.2) is 6.33 Å². The quantitative estimate of drug-likeness (QED) is 0.406. The van der Waals surface area contributed by atoms with Crippen LogP contribution in [0.3, 0.4) is 0 Å². The van der Waals surface area contributed by atoms with Gasteiger partial charge in [-0.2, -0.15) is 9.97 Å². The highest BCUT2D eigenvalue weighted by atomic mass is 35.5. The van der Waals surface area contributed by atoms with Crippen molar-refractivity contribution in [3.05, 3.63) is 6.33 Å². The molecular formula is C21H37Cl2N7O. The second-order valence-corrected chi connectivity index (χ2v) is 8.63. The fourth-order valence-electron chi connectivity index (χ4n) is 4.62. The third-order valence-corrected chi connectivity index (χ3v) is 6.37. The number of rotatable bonds is 9. The van der Waals surface area contributed by atoms with E-state index in [1.54, 1.807) is 0 Å². The fourth-order valence-corrected chi connectivity index (χ4v) is 4.62. The van der Waals surface area contributed by atoms with E-state index in [4.69, 9.17) is 20.8 Å². The maximum absolute atomic E-state index is 8.97. The highest BCUT2D eigenvalue weighted by Crippen LogP contribution is 2.33. The molecule has 0 amide bonds. The van der Waals surface area contributed by atoms with E-state index in [1.165, 1.54) is 25.7 Å². The summed E-state index contributed by atoms with van der Waals surface area (Å²) in [6.07, 6.45) is 14.0. The summed E-state index contributed by atoms with van der Waals surface area (Å²) >= 11 is 0. The number of hydrogen-bond donors (Lipinski definition) is 4. The van der Waals surface area contributed by atoms with Crippen LogP contribution in [0.2, 0.25) is 0 Å². The second kappa shape index (κ2) is 12.6. The molecule has 5 N–H and O–H groups in total. The predicted molar refractivity (Wildman–Crippen MR) is 131 cm³/mol. The molecule has 2 fully saturated rings. The van der Waals surface area contributed by atoms with E-state index in [0.29, 0.717) is 24.1 Å². The lowest BCUT2D eigenvalue weighted by atomic mass is 9.92. The first-order chi connectivity index (χ1) is 14.2. The van der Waals surface area contributed by atoms with Crippen molar-refractivity contribution in [2.75, 3.05) is 23.8 Å². The minimum atomic E-state index is 0. The number of fused-ring (bicyclic) bond motifs is 1. The molecule has 0 aliphatic heterocycles. The first-order valence-electron chi connectivity index (χ1n) is 11.4. The number of aliphatic hydroxyl groups excluding tert-OH is 1. The lowest BCUT2D eigenvalue weighted by Gasteiger charge is -2.27. The van der Waals surface area contributed by atoms with Crippen LogP contribution < -0.4 is 16.4 Å². The van der Waals surface area contributed by atoms with E-state index >= 15 is 0 Å². The molecule has 2 heterocycles. The van der Waals surface area contributed by atoms with E-state index in [-0.39, 0.29) is 31.4 Å². The third kappa shape index (κ3) is 6.57. The molecule has 8 nitrogen and oxygen atoms in total. The zero-order chi connectivity index (χ0) is 20.1. The smallest absolute Gasteiger partial charge is 0.227 e. The molecule has 31 heavy (non-hydrogen) atoms. The molecule has 0 atom stereocenters. The van der Waals surface area contributed by atoms with Gasteiger partial charge in [0.2, 0.25) is 5.95 Å². The number of nitrogens with one attached hydrogen (secondary N) is 2. The van der Waals surface area contributed by atoms with Gasteiger partial charge < -0.3 is 26.0 Å². The number of hydrogen-bond acceptors (Lipinski definition) is 7. The molecule has 2 aromatic rings. The van der Waals surface area contributed by atoms with Crippen LogP contribution in [0.1, 0.15) is 76.7 Å². The van der Waals surface area contributed by atoms with Crippen molar-refractivity contribution in [3.8, 4) is 0 Å². The molecule has 2 aliphatic carbocycles. The van der Waals surface area contributed by atoms with Gasteiger partial charge in [-0.25, -0.2) is 4.98 Å². The summed E-state index contributed by atoms with van der Waals surface area (Å²) in [5.41, 5.74) is 7.84. The number of halogens is 2. The molecule has 2 aromatic heterocycles. The number of nitrogens with two attached hydrogens (primary N) is 1. The molecule has 0 aromatic carbocycles. The molecule has 4 rings (SSSR count). The van der Waals surface area contributed by atoms with Crippen molar-refractivity contribution >= 4 is 47.7 Å². The summed E-state index contributed by atoms with van der Waals surface area (Å²) < 4.78 is 2.25. The zero-order valence-electron chi connectivity index (χ0n) is 18.1. The Morgan fingerprint density at radius 2 is 1.74 bits per heavy atom. The van der Waals surface area contributed by atoms with Crippen LogP contribution in [0.5, 0.6) is 0 Å². The Morgan fingerprint density at radius 3 is 2.45 bits per heavy atom. The predicted octanol–water partition coefficient (Wildman–Crippen LogP) is 4.04. The average Bonchev–Trinajstić information content (AvgIpc) is 3.39. The Morgan fingerprint density at radius 1 is 1.00 bits per heavy atom. The molecule has 0 spiro atoms. The third-order valence-electron chi connectivity index (χ3n) is 6.37. The van der Waals surface area contributed by atoms with Crippen LogP contribution in [-0.2, 0) is 0 Å². The average molecular weight is 474 g/mol. The normalized spacial score (nSPS) is 21.5. The number of imidazole rings is 1. The summed E-state index contributed by atoms with van der Waals surface area (Å²) in [5, 5.41) is 16.0. The van der Waals surface area contributed by atoms with Crippen LogP contribution >= 0.6 is 24.8 Å². The first kappa shape index (κ1) is 25.9. The molecular weight excluding hydrogens is 437 g/mol. The van der Waals surface area contributed by atoms with E-state index in [9.17, 15) is 0 Å². The van der Waals surface area contributed by atoms with Crippen molar-refractivity contribution in [2.24, 2.45) is 5.73 Å². The Bertz CT molecular complexity index is 789. The minimum absolute atomic E-state index is 0. The number of aliphatic hydroxyl groups is 1. The second-order valence-electron chi connectivity index (χ2n) is 8.63. The van der Waals surface area contributed by atoms with Gasteiger partial charge >= 0.3 is 0 Å². The first-order valence-corrected chi connectivity index (χ1v) is 11.4. The summed E-state index contributed by atoms with van der Waals surface area (Å²) in [5.74, 6) is 1.50. The Kier molecular flexibility index (Phi) is 10.6. The molecule has 10 heteroatoms. The lowest BCUT2D eigenvalue weighted by molar-refractivity contribution is 0.283. The van der Waals surface area contributed by atoms with Gasteiger partial charge in [0.25, 0.3) is 0 Å². The fraction of sp³-hybridized carbons (Fsp3) is 0.762. The summed E-state index contributed by atoms with van der Waals surface area (Å²) in [6, 6.07) is 1.21. The van der Waals surface area contributed by atoms with Crippen LogP contribution in [-0.4, -0.2) is 49.9 Å². The van der Waals surface area contributed by atoms with Gasteiger partial charge in [0.1, 0.15) is 0 Å². The summed E-state index contributed by atoms with van der Waals surface area (Å²) in [4.78, 5) is 14.3. The van der Waals surface area contributed by atoms with Gasteiger partial charge in [-0.3, -0.25) is 0 Å². The highest BCUT2D eigenvalue weighted by molar-refractivity contribution is 5.86. The number of aromatic nitrogens is 4. The lowest BCUT2D eigenvalue weighted by Crippen LogP contribution is -2.33.